The van der Waals surface area contributed by atoms with Gasteiger partial charge < -0.3 is 19.4 Å². The van der Waals surface area contributed by atoms with Crippen molar-refractivity contribution in [2.24, 2.45) is 0 Å². The fraction of sp³-hybridized carbons (Fsp3) is 0.143. The van der Waals surface area contributed by atoms with E-state index in [4.69, 9.17) is 20.8 Å². The number of nitrogens with one attached hydrogen (secondary N) is 1. The number of hydrogen-bond donors (Lipinski definition) is 1. The third-order valence-corrected chi connectivity index (χ3v) is 4.66. The van der Waals surface area contributed by atoms with Gasteiger partial charge in [-0.05, 0) is 30.3 Å². The summed E-state index contributed by atoms with van der Waals surface area (Å²) in [6.45, 7) is -0.171. The second-order valence-corrected chi connectivity index (χ2v) is 6.80. The first-order valence-corrected chi connectivity index (χ1v) is 9.47. The molecule has 0 bridgehead atoms. The highest BCUT2D eigenvalue weighted by Gasteiger charge is 2.20. The number of para-hydroxylation sites is 1. The molecule has 0 aliphatic heterocycles. The Morgan fingerprint density at radius 1 is 1.19 bits per heavy atom. The van der Waals surface area contributed by atoms with Gasteiger partial charge in [-0.15, -0.1) is 0 Å². The van der Waals surface area contributed by atoms with Crippen LogP contribution < -0.4 is 15.0 Å². The molecule has 0 atom stereocenters. The average Bonchev–Trinajstić information content (AvgIpc) is 3.29. The van der Waals surface area contributed by atoms with E-state index < -0.39 is 10.8 Å². The van der Waals surface area contributed by atoms with Crippen molar-refractivity contribution in [1.29, 1.82) is 0 Å². The summed E-state index contributed by atoms with van der Waals surface area (Å²) in [6, 6.07) is 13.8. The molecule has 0 unspecified atom stereocenters. The third-order valence-electron chi connectivity index (χ3n) is 4.36. The van der Waals surface area contributed by atoms with Crippen LogP contribution in [0.15, 0.2) is 65.3 Å². The highest BCUT2D eigenvalue weighted by molar-refractivity contribution is 6.32. The van der Waals surface area contributed by atoms with Crippen LogP contribution in [-0.2, 0) is 11.3 Å². The predicted octanol–water partition coefficient (Wildman–Crippen LogP) is 3.81. The minimum atomic E-state index is -0.581. The van der Waals surface area contributed by atoms with E-state index in [1.54, 1.807) is 36.4 Å². The number of halogens is 1. The third kappa shape index (κ3) is 5.40. The van der Waals surface area contributed by atoms with Crippen molar-refractivity contribution in [3.05, 3.63) is 87.3 Å². The fourth-order valence-electron chi connectivity index (χ4n) is 2.72. The van der Waals surface area contributed by atoms with Gasteiger partial charge in [0.15, 0.2) is 6.61 Å². The van der Waals surface area contributed by atoms with Gasteiger partial charge in [0, 0.05) is 19.2 Å². The van der Waals surface area contributed by atoms with Crippen LogP contribution >= 0.6 is 11.6 Å². The van der Waals surface area contributed by atoms with Crippen molar-refractivity contribution < 1.29 is 23.7 Å². The maximum Gasteiger partial charge on any atom is 0.271 e. The molecule has 3 rings (SSSR count). The van der Waals surface area contributed by atoms with Gasteiger partial charge in [0.1, 0.15) is 11.5 Å². The van der Waals surface area contributed by atoms with Crippen LogP contribution in [0.3, 0.4) is 0 Å². The zero-order valence-electron chi connectivity index (χ0n) is 16.4. The number of rotatable bonds is 8. The molecule has 31 heavy (non-hydrogen) atoms. The normalized spacial score (nSPS) is 10.4. The molecular weight excluding hydrogens is 426 g/mol. The highest BCUT2D eigenvalue weighted by atomic mass is 35.5. The average molecular weight is 444 g/mol. The first-order valence-electron chi connectivity index (χ1n) is 9.09. The van der Waals surface area contributed by atoms with Crippen molar-refractivity contribution in [2.45, 2.75) is 6.54 Å². The molecule has 0 saturated carbocycles. The number of hydrogen-bond acceptors (Lipinski definition) is 6. The number of benzene rings is 2. The minimum absolute atomic E-state index is 0.0161. The topological polar surface area (TPSA) is 115 Å². The summed E-state index contributed by atoms with van der Waals surface area (Å²) in [5.74, 6) is -0.0752. The van der Waals surface area contributed by atoms with Crippen molar-refractivity contribution >= 4 is 34.8 Å². The van der Waals surface area contributed by atoms with Crippen LogP contribution in [0.4, 0.5) is 11.4 Å². The Kier molecular flexibility index (Phi) is 6.88. The number of nitro groups is 1. The Labute approximate surface area is 182 Å². The van der Waals surface area contributed by atoms with Crippen molar-refractivity contribution in [3.8, 4) is 5.75 Å². The molecule has 3 aromatic rings. The number of nitrogens with zero attached hydrogens (tertiary/aromatic N) is 2. The number of furan rings is 1. The van der Waals surface area contributed by atoms with E-state index in [9.17, 15) is 19.7 Å². The molecule has 0 aliphatic carbocycles. The van der Waals surface area contributed by atoms with Crippen molar-refractivity contribution in [3.63, 3.8) is 0 Å². The maximum atomic E-state index is 12.6. The van der Waals surface area contributed by atoms with Gasteiger partial charge in [-0.1, -0.05) is 23.7 Å². The summed E-state index contributed by atoms with van der Waals surface area (Å²) in [5.41, 5.74) is 0.511. The van der Waals surface area contributed by atoms with E-state index in [0.29, 0.717) is 17.0 Å². The lowest BCUT2D eigenvalue weighted by molar-refractivity contribution is -0.384. The standard InChI is InChI=1S/C21H18ClN3O6/c1-24(20(26)13-31-19-9-8-14(25(28)29)11-17(19)22)18-7-3-2-6-16(18)21(27)23-12-15-5-4-10-30-15/h2-11H,12-13H2,1H3,(H,23,27). The van der Waals surface area contributed by atoms with Gasteiger partial charge in [0.2, 0.25) is 0 Å². The molecule has 2 aromatic carbocycles. The predicted molar refractivity (Wildman–Crippen MR) is 113 cm³/mol. The quantitative estimate of drug-likeness (QED) is 0.418. The number of non-ortho nitro benzene ring substituents is 1. The molecule has 0 aliphatic rings. The second-order valence-electron chi connectivity index (χ2n) is 6.39. The summed E-state index contributed by atoms with van der Waals surface area (Å²) in [7, 11) is 1.52. The van der Waals surface area contributed by atoms with Gasteiger partial charge in [-0.3, -0.25) is 19.7 Å². The molecule has 9 nitrogen and oxygen atoms in total. The van der Waals surface area contributed by atoms with Gasteiger partial charge in [-0.25, -0.2) is 0 Å². The molecule has 0 radical (unpaired) electrons. The van der Waals surface area contributed by atoms with Crippen LogP contribution in [0.1, 0.15) is 16.1 Å². The van der Waals surface area contributed by atoms with Crippen LogP contribution in [0.5, 0.6) is 5.75 Å². The lowest BCUT2D eigenvalue weighted by Crippen LogP contribution is -2.33. The number of carbonyl (C=O) groups is 2. The summed E-state index contributed by atoms with van der Waals surface area (Å²) in [5, 5.41) is 13.5. The first kappa shape index (κ1) is 21.8. The van der Waals surface area contributed by atoms with E-state index in [0.717, 1.165) is 6.07 Å². The zero-order valence-corrected chi connectivity index (χ0v) is 17.2. The molecule has 1 N–H and O–H groups in total. The fourth-order valence-corrected chi connectivity index (χ4v) is 2.95. The van der Waals surface area contributed by atoms with Gasteiger partial charge in [0.05, 0.1) is 34.0 Å². The molecule has 10 heteroatoms. The molecular formula is C21H18ClN3O6. The van der Waals surface area contributed by atoms with E-state index in [1.165, 1.54) is 30.3 Å². The summed E-state index contributed by atoms with van der Waals surface area (Å²) < 4.78 is 10.6. The Hall–Kier alpha value is -3.85. The Bertz CT molecular complexity index is 1100. The van der Waals surface area contributed by atoms with E-state index in [1.807, 2.05) is 0 Å². The van der Waals surface area contributed by atoms with E-state index in [2.05, 4.69) is 5.32 Å². The Balaban J connectivity index is 1.66. The number of anilines is 1. The lowest BCUT2D eigenvalue weighted by Gasteiger charge is -2.20. The van der Waals surface area contributed by atoms with Gasteiger partial charge in [-0.2, -0.15) is 0 Å². The Morgan fingerprint density at radius 2 is 1.97 bits per heavy atom. The molecule has 0 fully saturated rings. The van der Waals surface area contributed by atoms with Gasteiger partial charge >= 0.3 is 0 Å². The summed E-state index contributed by atoms with van der Waals surface area (Å²) in [6.07, 6.45) is 1.51. The van der Waals surface area contributed by atoms with Crippen LogP contribution in [-0.4, -0.2) is 30.4 Å². The smallest absolute Gasteiger partial charge is 0.271 e. The maximum absolute atomic E-state index is 12.6. The SMILES string of the molecule is CN(C(=O)COc1ccc([N+](=O)[O-])cc1Cl)c1ccccc1C(=O)NCc1ccco1. The number of nitro benzene ring substituents is 1. The van der Waals surface area contributed by atoms with Crippen molar-refractivity contribution in [1.82, 2.24) is 5.32 Å². The Morgan fingerprint density at radius 3 is 2.65 bits per heavy atom. The van der Waals surface area contributed by atoms with E-state index >= 15 is 0 Å². The molecule has 2 amide bonds. The molecule has 1 aromatic heterocycles. The highest BCUT2D eigenvalue weighted by Crippen LogP contribution is 2.29. The number of likely N-dealkylation sites (N-methyl/N-ethyl adjacent to an activating group) is 1. The van der Waals surface area contributed by atoms with Crippen molar-refractivity contribution in [2.75, 3.05) is 18.6 Å². The zero-order chi connectivity index (χ0) is 22.4. The molecule has 160 valence electrons. The number of carbonyl (C=O) groups excluding carboxylic acids is 2. The van der Waals surface area contributed by atoms with Crippen LogP contribution in [0, 0.1) is 10.1 Å². The van der Waals surface area contributed by atoms with E-state index in [-0.39, 0.29) is 35.5 Å². The lowest BCUT2D eigenvalue weighted by atomic mass is 10.1. The van der Waals surface area contributed by atoms with Gasteiger partial charge in [0.25, 0.3) is 17.5 Å². The summed E-state index contributed by atoms with van der Waals surface area (Å²) in [4.78, 5) is 36.7. The summed E-state index contributed by atoms with van der Waals surface area (Å²) >= 11 is 5.98. The molecule has 0 spiro atoms. The number of amides is 2. The monoisotopic (exact) mass is 443 g/mol. The number of ether oxygens (including phenoxy) is 1. The second kappa shape index (κ2) is 9.77. The largest absolute Gasteiger partial charge is 0.482 e. The van der Waals surface area contributed by atoms with Crippen LogP contribution in [0.2, 0.25) is 5.02 Å². The first-order chi connectivity index (χ1) is 14.9. The van der Waals surface area contributed by atoms with Crippen LogP contribution in [0.25, 0.3) is 0 Å². The molecule has 1 heterocycles. The minimum Gasteiger partial charge on any atom is -0.482 e. The molecule has 0 saturated heterocycles.